The van der Waals surface area contributed by atoms with Gasteiger partial charge in [0.2, 0.25) is 10.0 Å². The Morgan fingerprint density at radius 1 is 1.27 bits per heavy atom. The number of carbonyl (C=O) groups is 1. The standard InChI is InChI=1S/C16H23BrN4O4S/c1-16(2,3)25-15(22)20-6-10-8-21(9-11(10)7-20)26(23,24)13-4-12(17)5-19-14(13)18/h4-5,10-11H,6-9H2,1-3H3,(H2,18,19). The largest absolute Gasteiger partial charge is 0.444 e. The smallest absolute Gasteiger partial charge is 0.410 e. The van der Waals surface area contributed by atoms with Crippen LogP contribution in [0.3, 0.4) is 0 Å². The fraction of sp³-hybridized carbons (Fsp3) is 0.625. The molecule has 2 unspecified atom stereocenters. The number of aromatic nitrogens is 1. The van der Waals surface area contributed by atoms with Crippen LogP contribution in [-0.4, -0.2) is 60.5 Å². The van der Waals surface area contributed by atoms with Crippen LogP contribution in [-0.2, 0) is 14.8 Å². The first-order valence-electron chi connectivity index (χ1n) is 8.36. The maximum Gasteiger partial charge on any atom is 0.410 e. The molecule has 144 valence electrons. The summed E-state index contributed by atoms with van der Waals surface area (Å²) in [5.41, 5.74) is 5.23. The van der Waals surface area contributed by atoms with E-state index < -0.39 is 15.6 Å². The van der Waals surface area contributed by atoms with E-state index in [1.807, 2.05) is 20.8 Å². The third-order valence-corrected chi connectivity index (χ3v) is 6.87. The maximum absolute atomic E-state index is 12.9. The number of carbonyl (C=O) groups excluding carboxylic acids is 1. The number of sulfonamides is 1. The number of nitrogens with two attached hydrogens (primary N) is 1. The van der Waals surface area contributed by atoms with Crippen LogP contribution < -0.4 is 5.73 Å². The summed E-state index contributed by atoms with van der Waals surface area (Å²) in [5, 5.41) is 0. The Kier molecular flexibility index (Phi) is 4.95. The molecular formula is C16H23BrN4O4S. The molecule has 26 heavy (non-hydrogen) atoms. The van der Waals surface area contributed by atoms with Gasteiger partial charge in [-0.15, -0.1) is 0 Å². The van der Waals surface area contributed by atoms with E-state index in [9.17, 15) is 13.2 Å². The predicted octanol–water partition coefficient (Wildman–Crippen LogP) is 1.91. The number of pyridine rings is 1. The molecule has 2 aliphatic rings. The zero-order valence-electron chi connectivity index (χ0n) is 15.0. The second kappa shape index (κ2) is 6.65. The van der Waals surface area contributed by atoms with Crippen molar-refractivity contribution < 1.29 is 17.9 Å². The van der Waals surface area contributed by atoms with Crippen LogP contribution in [0.5, 0.6) is 0 Å². The van der Waals surface area contributed by atoms with Gasteiger partial charge >= 0.3 is 6.09 Å². The summed E-state index contributed by atoms with van der Waals surface area (Å²) in [5.74, 6) is 0.179. The number of likely N-dealkylation sites (tertiary alicyclic amines) is 1. The number of hydrogen-bond donors (Lipinski definition) is 1. The van der Waals surface area contributed by atoms with Gasteiger partial charge in [0, 0.05) is 36.8 Å². The summed E-state index contributed by atoms with van der Waals surface area (Å²) in [7, 11) is -3.72. The summed E-state index contributed by atoms with van der Waals surface area (Å²) < 4.78 is 33.2. The van der Waals surface area contributed by atoms with Gasteiger partial charge in [0.1, 0.15) is 16.3 Å². The Morgan fingerprint density at radius 3 is 2.38 bits per heavy atom. The number of fused-ring (bicyclic) bond motifs is 1. The number of halogens is 1. The van der Waals surface area contributed by atoms with Crippen molar-refractivity contribution >= 4 is 37.9 Å². The lowest BCUT2D eigenvalue weighted by Crippen LogP contribution is -2.38. The summed E-state index contributed by atoms with van der Waals surface area (Å²) >= 11 is 3.23. The SMILES string of the molecule is CC(C)(C)OC(=O)N1CC2CN(S(=O)(=O)c3cc(Br)cnc3N)CC2C1. The van der Waals surface area contributed by atoms with E-state index in [1.54, 1.807) is 4.90 Å². The quantitative estimate of drug-likeness (QED) is 0.743. The molecule has 0 saturated carbocycles. The van der Waals surface area contributed by atoms with Gasteiger partial charge in [-0.2, -0.15) is 4.31 Å². The fourth-order valence-electron chi connectivity index (χ4n) is 3.40. The Labute approximate surface area is 161 Å². The lowest BCUT2D eigenvalue weighted by atomic mass is 10.0. The lowest BCUT2D eigenvalue weighted by molar-refractivity contribution is 0.0279. The van der Waals surface area contributed by atoms with Crippen LogP contribution in [0.1, 0.15) is 20.8 Å². The number of rotatable bonds is 2. The minimum atomic E-state index is -3.72. The van der Waals surface area contributed by atoms with Crippen molar-refractivity contribution in [3.05, 3.63) is 16.7 Å². The highest BCUT2D eigenvalue weighted by molar-refractivity contribution is 9.10. The monoisotopic (exact) mass is 446 g/mol. The van der Waals surface area contributed by atoms with Crippen molar-refractivity contribution in [3.8, 4) is 0 Å². The average molecular weight is 447 g/mol. The molecule has 0 aromatic carbocycles. The Hall–Kier alpha value is -1.39. The molecule has 0 bridgehead atoms. The first kappa shape index (κ1) is 19.4. The fourth-order valence-corrected chi connectivity index (χ4v) is 5.53. The normalized spacial score (nSPS) is 23.9. The van der Waals surface area contributed by atoms with Crippen molar-refractivity contribution in [1.82, 2.24) is 14.2 Å². The number of hydrogen-bond acceptors (Lipinski definition) is 6. The van der Waals surface area contributed by atoms with Crippen molar-refractivity contribution in [2.45, 2.75) is 31.3 Å². The Bertz CT molecular complexity index is 810. The van der Waals surface area contributed by atoms with Crippen molar-refractivity contribution in [2.75, 3.05) is 31.9 Å². The van der Waals surface area contributed by atoms with Gasteiger partial charge in [0.05, 0.1) is 0 Å². The van der Waals surface area contributed by atoms with Crippen molar-refractivity contribution in [3.63, 3.8) is 0 Å². The number of nitrogen functional groups attached to an aromatic ring is 1. The van der Waals surface area contributed by atoms with Crippen LogP contribution in [0.2, 0.25) is 0 Å². The van der Waals surface area contributed by atoms with Crippen LogP contribution >= 0.6 is 15.9 Å². The van der Waals surface area contributed by atoms with E-state index in [1.165, 1.54) is 16.6 Å². The maximum atomic E-state index is 12.9. The highest BCUT2D eigenvalue weighted by atomic mass is 79.9. The van der Waals surface area contributed by atoms with Crippen LogP contribution in [0, 0.1) is 11.8 Å². The van der Waals surface area contributed by atoms with E-state index in [2.05, 4.69) is 20.9 Å². The van der Waals surface area contributed by atoms with Gasteiger partial charge in [-0.3, -0.25) is 0 Å². The topological polar surface area (TPSA) is 106 Å². The molecule has 0 aliphatic carbocycles. The zero-order valence-corrected chi connectivity index (χ0v) is 17.4. The second-order valence-electron chi connectivity index (χ2n) is 7.76. The van der Waals surface area contributed by atoms with Gasteiger partial charge in [0.25, 0.3) is 0 Å². The van der Waals surface area contributed by atoms with E-state index in [0.29, 0.717) is 30.7 Å². The van der Waals surface area contributed by atoms with Gasteiger partial charge in [-0.1, -0.05) is 0 Å². The van der Waals surface area contributed by atoms with Crippen molar-refractivity contribution in [2.24, 2.45) is 11.8 Å². The third-order valence-electron chi connectivity index (χ3n) is 4.57. The highest BCUT2D eigenvalue weighted by Crippen LogP contribution is 2.36. The molecule has 0 spiro atoms. The van der Waals surface area contributed by atoms with E-state index >= 15 is 0 Å². The molecule has 2 saturated heterocycles. The first-order valence-corrected chi connectivity index (χ1v) is 10.6. The number of ether oxygens (including phenoxy) is 1. The first-order chi connectivity index (χ1) is 12.0. The molecule has 1 aromatic rings. The molecule has 2 fully saturated rings. The number of nitrogens with zero attached hydrogens (tertiary/aromatic N) is 3. The number of anilines is 1. The third kappa shape index (κ3) is 3.81. The van der Waals surface area contributed by atoms with Gasteiger partial charge in [0.15, 0.2) is 0 Å². The molecule has 2 aliphatic heterocycles. The summed E-state index contributed by atoms with van der Waals surface area (Å²) in [6, 6.07) is 1.47. The zero-order chi connectivity index (χ0) is 19.3. The Morgan fingerprint density at radius 2 is 1.85 bits per heavy atom. The van der Waals surface area contributed by atoms with Gasteiger partial charge in [-0.05, 0) is 54.6 Å². The molecule has 10 heteroatoms. The van der Waals surface area contributed by atoms with Crippen LogP contribution in [0.4, 0.5) is 10.6 Å². The average Bonchev–Trinajstić information content (AvgIpc) is 3.06. The van der Waals surface area contributed by atoms with Gasteiger partial charge in [-0.25, -0.2) is 18.2 Å². The molecule has 1 amide bonds. The van der Waals surface area contributed by atoms with E-state index in [4.69, 9.17) is 10.5 Å². The molecule has 0 radical (unpaired) electrons. The Balaban J connectivity index is 1.70. The van der Waals surface area contributed by atoms with Crippen molar-refractivity contribution in [1.29, 1.82) is 0 Å². The van der Waals surface area contributed by atoms with Crippen LogP contribution in [0.15, 0.2) is 21.6 Å². The van der Waals surface area contributed by atoms with Gasteiger partial charge < -0.3 is 15.4 Å². The minimum absolute atomic E-state index is 0.0100. The lowest BCUT2D eigenvalue weighted by Gasteiger charge is -2.26. The molecule has 2 atom stereocenters. The second-order valence-corrected chi connectivity index (χ2v) is 10.6. The predicted molar refractivity (Wildman–Crippen MR) is 99.9 cm³/mol. The number of amides is 1. The minimum Gasteiger partial charge on any atom is -0.444 e. The summed E-state index contributed by atoms with van der Waals surface area (Å²) in [6.07, 6.45) is 1.12. The molecule has 1 aromatic heterocycles. The summed E-state index contributed by atoms with van der Waals surface area (Å²) in [4.78, 5) is 17.8. The van der Waals surface area contributed by atoms with E-state index in [0.717, 1.165) is 0 Å². The molecule has 3 rings (SSSR count). The van der Waals surface area contributed by atoms with Crippen LogP contribution in [0.25, 0.3) is 0 Å². The summed E-state index contributed by atoms with van der Waals surface area (Å²) in [6.45, 7) is 7.19. The molecule has 8 nitrogen and oxygen atoms in total. The molecule has 3 heterocycles. The highest BCUT2D eigenvalue weighted by Gasteiger charge is 2.46. The molecular weight excluding hydrogens is 424 g/mol. The molecule has 2 N–H and O–H groups in total. The van der Waals surface area contributed by atoms with E-state index in [-0.39, 0.29) is 28.6 Å².